The minimum absolute atomic E-state index is 0.00562. The van der Waals surface area contributed by atoms with Crippen LogP contribution in [0.2, 0.25) is 0 Å². The lowest BCUT2D eigenvalue weighted by molar-refractivity contribution is -0.184. The van der Waals surface area contributed by atoms with Gasteiger partial charge < -0.3 is 5.32 Å². The normalized spacial score (nSPS) is 22.6. The van der Waals surface area contributed by atoms with Gasteiger partial charge in [-0.3, -0.25) is 9.59 Å². The highest BCUT2D eigenvalue weighted by molar-refractivity contribution is 5.92. The third-order valence-electron chi connectivity index (χ3n) is 3.88. The summed E-state index contributed by atoms with van der Waals surface area (Å²) in [5.74, 6) is -1.92. The van der Waals surface area contributed by atoms with Crippen LogP contribution in [0.3, 0.4) is 0 Å². The van der Waals surface area contributed by atoms with Gasteiger partial charge in [0.1, 0.15) is 6.29 Å². The fourth-order valence-electron chi connectivity index (χ4n) is 2.57. The molecule has 0 radical (unpaired) electrons. The third kappa shape index (κ3) is 4.06. The van der Waals surface area contributed by atoms with E-state index in [1.807, 2.05) is 0 Å². The number of hydrogen-bond donors (Lipinski definition) is 1. The molecular weight excluding hydrogens is 283 g/mol. The molecule has 1 aliphatic rings. The molecule has 1 N–H and O–H groups in total. The van der Waals surface area contributed by atoms with Crippen molar-refractivity contribution in [2.75, 3.05) is 5.32 Å². The lowest BCUT2D eigenvalue weighted by atomic mass is 9.81. The number of rotatable bonds is 3. The van der Waals surface area contributed by atoms with Gasteiger partial charge >= 0.3 is 6.18 Å². The molecule has 1 fully saturated rings. The molecule has 1 amide bonds. The first kappa shape index (κ1) is 15.5. The van der Waals surface area contributed by atoms with Crippen LogP contribution in [0.15, 0.2) is 24.3 Å². The van der Waals surface area contributed by atoms with Gasteiger partial charge in [-0.2, -0.15) is 13.2 Å². The average molecular weight is 299 g/mol. The van der Waals surface area contributed by atoms with Gasteiger partial charge in [0.15, 0.2) is 0 Å². The van der Waals surface area contributed by atoms with Crippen molar-refractivity contribution >= 4 is 17.9 Å². The monoisotopic (exact) mass is 299 g/mol. The van der Waals surface area contributed by atoms with Crippen LogP contribution in [0, 0.1) is 11.8 Å². The van der Waals surface area contributed by atoms with Gasteiger partial charge in [-0.15, -0.1) is 0 Å². The molecule has 0 saturated heterocycles. The molecule has 0 aromatic heterocycles. The lowest BCUT2D eigenvalue weighted by Crippen LogP contribution is -2.32. The number of amides is 1. The van der Waals surface area contributed by atoms with Gasteiger partial charge in [-0.05, 0) is 49.9 Å². The summed E-state index contributed by atoms with van der Waals surface area (Å²) >= 11 is 0. The topological polar surface area (TPSA) is 46.2 Å². The van der Waals surface area contributed by atoms with E-state index in [9.17, 15) is 22.8 Å². The Hall–Kier alpha value is -1.85. The van der Waals surface area contributed by atoms with E-state index in [1.54, 1.807) is 24.3 Å². The fourth-order valence-corrected chi connectivity index (χ4v) is 2.57. The van der Waals surface area contributed by atoms with Crippen LogP contribution in [0.5, 0.6) is 0 Å². The number of halogens is 3. The van der Waals surface area contributed by atoms with Crippen LogP contribution in [0.1, 0.15) is 36.0 Å². The standard InChI is InChI=1S/C15H16F3NO2/c16-15(17,18)12-5-3-11(4-6-12)14(21)19-13-7-1-10(9-20)2-8-13/h1-2,7-9,11-12H,3-6H2,(H,19,21). The molecule has 0 aliphatic heterocycles. The molecule has 6 heteroatoms. The van der Waals surface area contributed by atoms with Crippen molar-refractivity contribution in [1.82, 2.24) is 0 Å². The summed E-state index contributed by atoms with van der Waals surface area (Å²) in [6, 6.07) is 6.35. The number of anilines is 1. The van der Waals surface area contributed by atoms with Crippen LogP contribution in [0.4, 0.5) is 18.9 Å². The van der Waals surface area contributed by atoms with Crippen molar-refractivity contribution in [3.63, 3.8) is 0 Å². The van der Waals surface area contributed by atoms with Gasteiger partial charge in [0.25, 0.3) is 0 Å². The quantitative estimate of drug-likeness (QED) is 0.863. The Morgan fingerprint density at radius 2 is 1.67 bits per heavy atom. The van der Waals surface area contributed by atoms with Crippen molar-refractivity contribution < 1.29 is 22.8 Å². The predicted octanol–water partition coefficient (Wildman–Crippen LogP) is 3.81. The second kappa shape index (κ2) is 6.28. The molecule has 1 aliphatic carbocycles. The van der Waals surface area contributed by atoms with Crippen molar-refractivity contribution in [2.24, 2.45) is 11.8 Å². The maximum atomic E-state index is 12.6. The van der Waals surface area contributed by atoms with Crippen molar-refractivity contribution in [2.45, 2.75) is 31.9 Å². The average Bonchev–Trinajstić information content (AvgIpc) is 2.47. The number of carbonyl (C=O) groups excluding carboxylic acids is 2. The number of nitrogens with one attached hydrogen (secondary N) is 1. The van der Waals surface area contributed by atoms with Crippen molar-refractivity contribution in [1.29, 1.82) is 0 Å². The Kier molecular flexibility index (Phi) is 4.65. The first-order valence-electron chi connectivity index (χ1n) is 6.83. The highest BCUT2D eigenvalue weighted by atomic mass is 19.4. The molecule has 3 nitrogen and oxygen atoms in total. The molecule has 1 aromatic carbocycles. The number of benzene rings is 1. The molecule has 1 saturated carbocycles. The molecule has 0 bridgehead atoms. The molecule has 2 rings (SSSR count). The number of alkyl halides is 3. The zero-order chi connectivity index (χ0) is 15.5. The van der Waals surface area contributed by atoms with Crippen molar-refractivity contribution in [3.05, 3.63) is 29.8 Å². The number of carbonyl (C=O) groups is 2. The molecule has 0 spiro atoms. The maximum absolute atomic E-state index is 12.6. The van der Waals surface area contributed by atoms with E-state index < -0.39 is 12.1 Å². The summed E-state index contributed by atoms with van der Waals surface area (Å²) in [5, 5.41) is 2.68. The van der Waals surface area contributed by atoms with Gasteiger partial charge in [0.2, 0.25) is 5.91 Å². The summed E-state index contributed by atoms with van der Waals surface area (Å²) in [5.41, 5.74) is 1.04. The first-order valence-corrected chi connectivity index (χ1v) is 6.83. The highest BCUT2D eigenvalue weighted by Gasteiger charge is 2.42. The van der Waals surface area contributed by atoms with Crippen LogP contribution in [-0.4, -0.2) is 18.4 Å². The van der Waals surface area contributed by atoms with Crippen LogP contribution < -0.4 is 5.32 Å². The highest BCUT2D eigenvalue weighted by Crippen LogP contribution is 2.39. The molecule has 21 heavy (non-hydrogen) atoms. The SMILES string of the molecule is O=Cc1ccc(NC(=O)C2CCC(C(F)(F)F)CC2)cc1. The van der Waals surface area contributed by atoms with E-state index in [0.29, 0.717) is 17.5 Å². The van der Waals surface area contributed by atoms with Crippen LogP contribution in [0.25, 0.3) is 0 Å². The van der Waals surface area contributed by atoms with Gasteiger partial charge in [0, 0.05) is 17.2 Å². The number of hydrogen-bond acceptors (Lipinski definition) is 2. The van der Waals surface area contributed by atoms with Gasteiger partial charge in [-0.25, -0.2) is 0 Å². The van der Waals surface area contributed by atoms with E-state index >= 15 is 0 Å². The Morgan fingerprint density at radius 3 is 2.14 bits per heavy atom. The molecular formula is C15H16F3NO2. The second-order valence-electron chi connectivity index (χ2n) is 5.32. The zero-order valence-corrected chi connectivity index (χ0v) is 11.3. The largest absolute Gasteiger partial charge is 0.391 e. The Bertz CT molecular complexity index is 503. The summed E-state index contributed by atoms with van der Waals surface area (Å²) < 4.78 is 37.7. The summed E-state index contributed by atoms with van der Waals surface area (Å²) in [6.45, 7) is 0. The van der Waals surface area contributed by atoms with Crippen molar-refractivity contribution in [3.8, 4) is 0 Å². The molecule has 114 valence electrons. The van der Waals surface area contributed by atoms with Gasteiger partial charge in [-0.1, -0.05) is 0 Å². The second-order valence-corrected chi connectivity index (χ2v) is 5.32. The number of aldehydes is 1. The maximum Gasteiger partial charge on any atom is 0.391 e. The predicted molar refractivity (Wildman–Crippen MR) is 72.0 cm³/mol. The smallest absolute Gasteiger partial charge is 0.326 e. The lowest BCUT2D eigenvalue weighted by Gasteiger charge is -2.29. The first-order chi connectivity index (χ1) is 9.90. The minimum Gasteiger partial charge on any atom is -0.326 e. The zero-order valence-electron chi connectivity index (χ0n) is 11.3. The van der Waals surface area contributed by atoms with E-state index in [4.69, 9.17) is 0 Å². The summed E-state index contributed by atoms with van der Waals surface area (Å²) in [6.07, 6.45) is -2.95. The Labute approximate surface area is 120 Å². The summed E-state index contributed by atoms with van der Waals surface area (Å²) in [4.78, 5) is 22.5. The Morgan fingerprint density at radius 1 is 1.10 bits per heavy atom. The molecule has 0 atom stereocenters. The third-order valence-corrected chi connectivity index (χ3v) is 3.88. The molecule has 0 heterocycles. The molecule has 1 aromatic rings. The fraction of sp³-hybridized carbons (Fsp3) is 0.467. The van der Waals surface area contributed by atoms with Crippen LogP contribution >= 0.6 is 0 Å². The van der Waals surface area contributed by atoms with E-state index in [1.165, 1.54) is 0 Å². The summed E-state index contributed by atoms with van der Waals surface area (Å²) in [7, 11) is 0. The Balaban J connectivity index is 1.88. The van der Waals surface area contributed by atoms with E-state index in [-0.39, 0.29) is 37.5 Å². The molecule has 0 unspecified atom stereocenters. The van der Waals surface area contributed by atoms with Crippen LogP contribution in [-0.2, 0) is 4.79 Å². The van der Waals surface area contributed by atoms with E-state index in [2.05, 4.69) is 5.32 Å². The van der Waals surface area contributed by atoms with E-state index in [0.717, 1.165) is 0 Å². The van der Waals surface area contributed by atoms with Gasteiger partial charge in [0.05, 0.1) is 5.92 Å². The minimum atomic E-state index is -4.16.